The number of Topliss-reactive ketones (excluding diaryl/α,β-unsaturated/α-hetero) is 2. The maximum Gasteiger partial charge on any atom is 0.296 e. The molecule has 66 heavy (non-hydrogen) atoms. The second-order valence-corrected chi connectivity index (χ2v) is 22.4. The summed E-state index contributed by atoms with van der Waals surface area (Å²) in [6.07, 6.45) is -0.694. The number of rotatable bonds is 12. The molecular weight excluding hydrogens is 973 g/mol. The molecule has 0 spiro atoms. The fraction of sp³-hybridized carbons (Fsp3) is 0.0750. The molecule has 21 nitrogen and oxygen atoms in total. The first kappa shape index (κ1) is 45.9. The third-order valence-corrected chi connectivity index (χ3v) is 16.0. The van der Waals surface area contributed by atoms with Crippen LogP contribution in [-0.4, -0.2) is 94.2 Å². The minimum absolute atomic E-state index is 0.0151. The predicted molar refractivity (Wildman–Crippen MR) is 228 cm³/mol. The minimum atomic E-state index is -5.84. The quantitative estimate of drug-likeness (QED) is 0.0579. The van der Waals surface area contributed by atoms with Crippen molar-refractivity contribution in [2.75, 3.05) is 11.1 Å². The summed E-state index contributed by atoms with van der Waals surface area (Å²) in [5.41, 5.74) is -7.87. The van der Waals surface area contributed by atoms with Crippen LogP contribution in [0, 0.1) is 5.92 Å². The molecule has 1 aromatic heterocycles. The van der Waals surface area contributed by atoms with E-state index in [1.165, 1.54) is 48.5 Å². The highest BCUT2D eigenvalue weighted by molar-refractivity contribution is 7.91. The Balaban J connectivity index is 1.37. The van der Waals surface area contributed by atoms with Crippen LogP contribution in [0.5, 0.6) is 0 Å². The molecule has 0 saturated carbocycles. The summed E-state index contributed by atoms with van der Waals surface area (Å²) in [4.78, 5) is 64.2. The molecule has 6 N–H and O–H groups in total. The molecule has 0 aliphatic heterocycles. The van der Waals surface area contributed by atoms with Crippen LogP contribution < -0.4 is 10.9 Å². The minimum Gasteiger partial charge on any atom is -0.353 e. The van der Waals surface area contributed by atoms with E-state index in [1.807, 2.05) is 0 Å². The Morgan fingerprint density at radius 1 is 0.576 bits per heavy atom. The molecule has 5 aromatic carbocycles. The number of H-pyrrole nitrogens is 1. The first-order valence-corrected chi connectivity index (χ1v) is 25.8. The van der Waals surface area contributed by atoms with Crippen molar-refractivity contribution in [1.82, 2.24) is 4.98 Å². The first-order valence-electron chi connectivity index (χ1n) is 18.4. The highest BCUT2D eigenvalue weighted by atomic mass is 32.2. The van der Waals surface area contributed by atoms with E-state index in [2.05, 4.69) is 10.3 Å². The van der Waals surface area contributed by atoms with E-state index in [0.29, 0.717) is 12.1 Å². The van der Waals surface area contributed by atoms with Gasteiger partial charge in [0, 0.05) is 33.2 Å². The van der Waals surface area contributed by atoms with Gasteiger partial charge in [0.1, 0.15) is 14.7 Å². The van der Waals surface area contributed by atoms with Gasteiger partial charge in [-0.05, 0) is 42.3 Å². The van der Waals surface area contributed by atoms with Crippen LogP contribution in [0.1, 0.15) is 59.0 Å². The van der Waals surface area contributed by atoms with E-state index in [-0.39, 0.29) is 34.4 Å². The van der Waals surface area contributed by atoms with Gasteiger partial charge in [-0.2, -0.15) is 33.7 Å². The summed E-state index contributed by atoms with van der Waals surface area (Å²) in [6.45, 7) is 0. The summed E-state index contributed by atoms with van der Waals surface area (Å²) >= 11 is 0. The van der Waals surface area contributed by atoms with Gasteiger partial charge in [-0.3, -0.25) is 42.2 Å². The SMILES string of the molecule is O=C(c1cccc(S(=O)(=O)O)c1)c1c2c3c(c(Nc4c(S(=O)(=O)O)cc(S(=O)(=O)CCC5C(=O)c6ccccc6C5=O)cc4S(=O)(=O)O)cc(S(=O)(=O)O)c3[nH]c1=O)C(=O)c1ccccc1-2. The molecule has 0 unspecified atom stereocenters. The van der Waals surface area contributed by atoms with Crippen LogP contribution in [-0.2, 0) is 50.3 Å². The van der Waals surface area contributed by atoms with Crippen molar-refractivity contribution in [3.63, 3.8) is 0 Å². The number of hydrogen-bond acceptors (Lipinski definition) is 16. The third kappa shape index (κ3) is 7.75. The number of nitrogens with one attached hydrogen (secondary N) is 2. The normalized spacial score (nSPS) is 14.3. The summed E-state index contributed by atoms with van der Waals surface area (Å²) < 4.78 is 171. The fourth-order valence-corrected chi connectivity index (χ4v) is 12.1. The number of fused-ring (bicyclic) bond motifs is 3. The van der Waals surface area contributed by atoms with Gasteiger partial charge in [-0.1, -0.05) is 60.7 Å². The predicted octanol–water partition coefficient (Wildman–Crippen LogP) is 3.56. The van der Waals surface area contributed by atoms with Gasteiger partial charge in [0.25, 0.3) is 46.0 Å². The van der Waals surface area contributed by atoms with Crippen molar-refractivity contribution in [3.8, 4) is 11.1 Å². The molecule has 2 aliphatic carbocycles. The summed E-state index contributed by atoms with van der Waals surface area (Å²) in [7, 11) is -27.2. The standard InChI is InChI=1S/C40H26N2O19S5/c43-36(18-6-5-7-19(14-18)63(50,51)52)33-30-21-8-1-2-9-22(21)39(46)31-26(17-29(66(59,60)61)35(32(30)31)42-40(33)47)41-34-27(64(53,54)55)15-20(16-28(34)65(56,57)58)62(48,49)13-12-25-37(44)23-10-3-4-11-24(23)38(25)45/h1-11,14-17,25,41H,12-13H2,(H,42,47)(H,50,51,52)(H,53,54,55)(H,56,57,58)(H,59,60,61). The zero-order chi connectivity index (χ0) is 48.2. The second-order valence-electron chi connectivity index (χ2n) is 14.7. The van der Waals surface area contributed by atoms with Gasteiger partial charge in [0.15, 0.2) is 33.0 Å². The third-order valence-electron chi connectivity index (χ3n) is 10.8. The van der Waals surface area contributed by atoms with E-state index >= 15 is 0 Å². The zero-order valence-corrected chi connectivity index (χ0v) is 36.7. The average Bonchev–Trinajstić information content (AvgIpc) is 3.47. The number of pyridine rings is 1. The topological polar surface area (TPSA) is 365 Å². The Hall–Kier alpha value is -6.62. The van der Waals surface area contributed by atoms with Crippen molar-refractivity contribution < 1.29 is 79.5 Å². The van der Waals surface area contributed by atoms with Crippen molar-refractivity contribution in [2.45, 2.75) is 30.9 Å². The molecule has 8 rings (SSSR count). The van der Waals surface area contributed by atoms with Gasteiger partial charge in [0.2, 0.25) is 0 Å². The summed E-state index contributed by atoms with van der Waals surface area (Å²) in [6, 6.07) is 15.2. The van der Waals surface area contributed by atoms with E-state index in [4.69, 9.17) is 0 Å². The van der Waals surface area contributed by atoms with E-state index in [1.54, 1.807) is 0 Å². The van der Waals surface area contributed by atoms with Crippen LogP contribution in [0.25, 0.3) is 22.0 Å². The van der Waals surface area contributed by atoms with Crippen molar-refractivity contribution in [3.05, 3.63) is 135 Å². The van der Waals surface area contributed by atoms with Gasteiger partial charge < -0.3 is 10.3 Å². The van der Waals surface area contributed by atoms with E-state index in [9.17, 15) is 84.3 Å². The zero-order valence-electron chi connectivity index (χ0n) is 32.6. The van der Waals surface area contributed by atoms with Gasteiger partial charge in [-0.25, -0.2) is 8.42 Å². The molecule has 2 aliphatic rings. The molecular formula is C40H26N2O19S5. The molecule has 0 atom stereocenters. The molecule has 0 fully saturated rings. The number of benzene rings is 5. The van der Waals surface area contributed by atoms with Gasteiger partial charge in [-0.15, -0.1) is 0 Å². The Morgan fingerprint density at radius 3 is 1.64 bits per heavy atom. The van der Waals surface area contributed by atoms with Crippen LogP contribution in [0.15, 0.2) is 120 Å². The largest absolute Gasteiger partial charge is 0.353 e. The molecule has 0 amide bonds. The molecule has 26 heteroatoms. The van der Waals surface area contributed by atoms with E-state index < -0.39 is 166 Å². The molecule has 0 saturated heterocycles. The number of ketones is 4. The Bertz CT molecular complexity index is 3830. The van der Waals surface area contributed by atoms with Crippen molar-refractivity contribution in [2.24, 2.45) is 5.92 Å². The average molecular weight is 999 g/mol. The van der Waals surface area contributed by atoms with Crippen molar-refractivity contribution >= 4 is 95.7 Å². The number of sulfone groups is 1. The number of carbonyl (C=O) groups is 4. The lowest BCUT2D eigenvalue weighted by molar-refractivity contribution is 0.0834. The Kier molecular flexibility index (Phi) is 10.8. The van der Waals surface area contributed by atoms with E-state index in [0.717, 1.165) is 18.2 Å². The second kappa shape index (κ2) is 15.5. The molecule has 6 aromatic rings. The van der Waals surface area contributed by atoms with Crippen molar-refractivity contribution in [1.29, 1.82) is 0 Å². The Morgan fingerprint density at radius 2 is 1.11 bits per heavy atom. The highest BCUT2D eigenvalue weighted by Gasteiger charge is 2.41. The molecule has 340 valence electrons. The number of aromatic nitrogens is 1. The maximum absolute atomic E-state index is 14.5. The number of aromatic amines is 1. The van der Waals surface area contributed by atoms with Crippen LogP contribution in [0.4, 0.5) is 11.4 Å². The van der Waals surface area contributed by atoms with Crippen LogP contribution in [0.3, 0.4) is 0 Å². The summed E-state index contributed by atoms with van der Waals surface area (Å²) in [5, 5.41) is 1.49. The highest BCUT2D eigenvalue weighted by Crippen LogP contribution is 2.47. The van der Waals surface area contributed by atoms with Gasteiger partial charge >= 0.3 is 0 Å². The number of anilines is 2. The molecule has 0 bridgehead atoms. The molecule has 1 heterocycles. The lowest BCUT2D eigenvalue weighted by Crippen LogP contribution is -2.25. The van der Waals surface area contributed by atoms with Gasteiger partial charge in [0.05, 0.1) is 49.5 Å². The lowest BCUT2D eigenvalue weighted by Gasteiger charge is -2.26. The fourth-order valence-electron chi connectivity index (χ4n) is 7.92. The Labute approximate surface area is 372 Å². The number of hydrogen-bond donors (Lipinski definition) is 6. The lowest BCUT2D eigenvalue weighted by atomic mass is 9.80. The van der Waals surface area contributed by atoms with Crippen LogP contribution in [0.2, 0.25) is 0 Å². The summed E-state index contributed by atoms with van der Waals surface area (Å²) in [5.74, 6) is -6.44. The smallest absolute Gasteiger partial charge is 0.296 e. The first-order chi connectivity index (χ1) is 30.6. The maximum atomic E-state index is 14.5. The molecule has 0 radical (unpaired) electrons. The number of carbonyl (C=O) groups excluding carboxylic acids is 4. The monoisotopic (exact) mass is 998 g/mol. The van der Waals surface area contributed by atoms with Crippen LogP contribution >= 0.6 is 0 Å².